The lowest BCUT2D eigenvalue weighted by Gasteiger charge is -2.20. The molecule has 202 valence electrons. The molecule has 0 radical (unpaired) electrons. The number of thiazole rings is 1. The lowest BCUT2D eigenvalue weighted by Crippen LogP contribution is -2.25. The van der Waals surface area contributed by atoms with Gasteiger partial charge >= 0.3 is 5.97 Å². The van der Waals surface area contributed by atoms with E-state index in [1.54, 1.807) is 30.3 Å². The maximum absolute atomic E-state index is 13.0. The van der Waals surface area contributed by atoms with Crippen molar-refractivity contribution in [2.45, 2.75) is 25.8 Å². The van der Waals surface area contributed by atoms with Crippen LogP contribution in [0.15, 0.2) is 42.5 Å². The molecule has 0 fully saturated rings. The summed E-state index contributed by atoms with van der Waals surface area (Å²) in [4.78, 5) is 44.9. The third-order valence-electron chi connectivity index (χ3n) is 6.16. The summed E-state index contributed by atoms with van der Waals surface area (Å²) in [6, 6.07) is 11.4. The van der Waals surface area contributed by atoms with E-state index in [9.17, 15) is 19.5 Å². The molecule has 39 heavy (non-hydrogen) atoms. The zero-order valence-corrected chi connectivity index (χ0v) is 23.1. The lowest BCUT2D eigenvalue weighted by atomic mass is 10.0. The van der Waals surface area contributed by atoms with Gasteiger partial charge in [-0.3, -0.25) is 9.59 Å². The smallest absolute Gasteiger partial charge is 0.335 e. The Morgan fingerprint density at radius 1 is 1.10 bits per heavy atom. The molecule has 3 heterocycles. The standard InChI is InChI=1S/C26H23ClN6O4S.ClH/c1-33-9-8-18-21(13-33)38-25(29-18)24(35)28-19-10-16(26(36)37)3-2-14(19)5-7-23(34)30-22-11-15-4-6-17(27)12-20(15)31-32-22;/h2-4,6,10-12H,5,7-9,13H2,1H3,(H,28,35)(H,36,37)(H,30,32,34);1H. The van der Waals surface area contributed by atoms with Gasteiger partial charge in [0.2, 0.25) is 5.91 Å². The summed E-state index contributed by atoms with van der Waals surface area (Å²) in [6.07, 6.45) is 1.12. The minimum atomic E-state index is -1.12. The van der Waals surface area contributed by atoms with Crippen LogP contribution < -0.4 is 10.6 Å². The second-order valence-corrected chi connectivity index (χ2v) is 10.5. The van der Waals surface area contributed by atoms with Gasteiger partial charge in [-0.1, -0.05) is 23.7 Å². The highest BCUT2D eigenvalue weighted by molar-refractivity contribution is 7.13. The van der Waals surface area contributed by atoms with Crippen molar-refractivity contribution in [3.63, 3.8) is 0 Å². The van der Waals surface area contributed by atoms with E-state index in [-0.39, 0.29) is 36.7 Å². The zero-order chi connectivity index (χ0) is 26.8. The van der Waals surface area contributed by atoms with Crippen LogP contribution in [0, 0.1) is 0 Å². The fourth-order valence-corrected chi connectivity index (χ4v) is 5.41. The number of nitrogens with one attached hydrogen (secondary N) is 2. The first-order chi connectivity index (χ1) is 18.2. The van der Waals surface area contributed by atoms with Gasteiger partial charge in [-0.2, -0.15) is 0 Å². The first-order valence-corrected chi connectivity index (χ1v) is 13.0. The number of aryl methyl sites for hydroxylation is 1. The van der Waals surface area contributed by atoms with Crippen molar-refractivity contribution >= 4 is 75.5 Å². The lowest BCUT2D eigenvalue weighted by molar-refractivity contribution is -0.116. The van der Waals surface area contributed by atoms with Crippen LogP contribution in [0.25, 0.3) is 10.9 Å². The van der Waals surface area contributed by atoms with Gasteiger partial charge in [0.25, 0.3) is 5.91 Å². The third kappa shape index (κ3) is 6.69. The number of carboxylic acids is 1. The molecule has 4 aromatic rings. The van der Waals surface area contributed by atoms with Gasteiger partial charge in [0, 0.05) is 46.9 Å². The summed E-state index contributed by atoms with van der Waals surface area (Å²) in [5.41, 5.74) is 2.52. The number of likely N-dealkylation sites (N-methyl/N-ethyl adjacent to an activating group) is 1. The van der Waals surface area contributed by atoms with E-state index in [1.807, 2.05) is 7.05 Å². The van der Waals surface area contributed by atoms with E-state index in [4.69, 9.17) is 11.6 Å². The summed E-state index contributed by atoms with van der Waals surface area (Å²) < 4.78 is 0. The Balaban J connectivity index is 0.00000353. The highest BCUT2D eigenvalue weighted by Crippen LogP contribution is 2.27. The minimum Gasteiger partial charge on any atom is -0.478 e. The van der Waals surface area contributed by atoms with Crippen LogP contribution in [0.2, 0.25) is 5.02 Å². The number of aromatic carboxylic acids is 1. The highest BCUT2D eigenvalue weighted by atomic mass is 35.5. The molecule has 13 heteroatoms. The normalized spacial score (nSPS) is 12.9. The molecule has 2 aromatic heterocycles. The second kappa shape index (κ2) is 12.0. The number of fused-ring (bicyclic) bond motifs is 2. The molecule has 10 nitrogen and oxygen atoms in total. The maximum Gasteiger partial charge on any atom is 0.335 e. The zero-order valence-electron chi connectivity index (χ0n) is 20.7. The Labute approximate surface area is 238 Å². The number of benzene rings is 2. The predicted octanol–water partition coefficient (Wildman–Crippen LogP) is 4.67. The fraction of sp³-hybridized carbons (Fsp3) is 0.231. The topological polar surface area (TPSA) is 137 Å². The number of aromatic nitrogens is 3. The molecule has 0 aliphatic carbocycles. The van der Waals surface area contributed by atoms with Gasteiger partial charge in [0.05, 0.1) is 16.8 Å². The predicted molar refractivity (Wildman–Crippen MR) is 152 cm³/mol. The van der Waals surface area contributed by atoms with Crippen LogP contribution in [0.1, 0.15) is 42.7 Å². The van der Waals surface area contributed by atoms with Gasteiger partial charge < -0.3 is 20.6 Å². The van der Waals surface area contributed by atoms with Crippen molar-refractivity contribution in [2.24, 2.45) is 0 Å². The molecule has 1 aliphatic rings. The highest BCUT2D eigenvalue weighted by Gasteiger charge is 2.22. The van der Waals surface area contributed by atoms with Crippen LogP contribution in [0.4, 0.5) is 11.5 Å². The third-order valence-corrected chi connectivity index (χ3v) is 7.48. The summed E-state index contributed by atoms with van der Waals surface area (Å²) in [6.45, 7) is 1.62. The first kappa shape index (κ1) is 28.4. The summed E-state index contributed by atoms with van der Waals surface area (Å²) >= 11 is 7.31. The van der Waals surface area contributed by atoms with Gasteiger partial charge in [0.15, 0.2) is 10.8 Å². The Morgan fingerprint density at radius 3 is 2.72 bits per heavy atom. The quantitative estimate of drug-likeness (QED) is 0.284. The van der Waals surface area contributed by atoms with Crippen molar-refractivity contribution in [3.8, 4) is 0 Å². The summed E-state index contributed by atoms with van der Waals surface area (Å²) in [7, 11) is 2.02. The van der Waals surface area contributed by atoms with E-state index in [2.05, 4.69) is 30.7 Å². The maximum atomic E-state index is 13.0. The van der Waals surface area contributed by atoms with Crippen molar-refractivity contribution in [3.05, 3.63) is 74.2 Å². The molecular weight excluding hydrogens is 563 g/mol. The van der Waals surface area contributed by atoms with E-state index >= 15 is 0 Å². The summed E-state index contributed by atoms with van der Waals surface area (Å²) in [5, 5.41) is 24.7. The Morgan fingerprint density at radius 2 is 1.92 bits per heavy atom. The number of hydrogen-bond donors (Lipinski definition) is 3. The SMILES string of the molecule is CN1CCc2nc(C(=O)Nc3cc(C(=O)O)ccc3CCC(=O)Nc3cc4ccc(Cl)cc4nn3)sc2C1.Cl. The Kier molecular flexibility index (Phi) is 8.76. The molecule has 3 N–H and O–H groups in total. The minimum absolute atomic E-state index is 0. The molecular formula is C26H24Cl2N6O4S. The first-order valence-electron chi connectivity index (χ1n) is 11.8. The number of carbonyl (C=O) groups is 3. The number of amides is 2. The Bertz CT molecular complexity index is 1580. The number of halogens is 2. The van der Waals surface area contributed by atoms with Crippen molar-refractivity contribution < 1.29 is 19.5 Å². The molecule has 2 amide bonds. The van der Waals surface area contributed by atoms with Crippen LogP contribution in [-0.4, -0.2) is 56.6 Å². The molecule has 0 bridgehead atoms. The van der Waals surface area contributed by atoms with Crippen LogP contribution in [0.3, 0.4) is 0 Å². The van der Waals surface area contributed by atoms with Gasteiger partial charge in [-0.15, -0.1) is 33.9 Å². The van der Waals surface area contributed by atoms with Crippen molar-refractivity contribution in [1.29, 1.82) is 0 Å². The molecule has 0 atom stereocenters. The monoisotopic (exact) mass is 586 g/mol. The van der Waals surface area contributed by atoms with E-state index < -0.39 is 11.9 Å². The van der Waals surface area contributed by atoms with E-state index in [0.29, 0.717) is 32.6 Å². The van der Waals surface area contributed by atoms with E-state index in [0.717, 1.165) is 35.5 Å². The molecule has 0 unspecified atom stereocenters. The van der Waals surface area contributed by atoms with Gasteiger partial charge in [-0.25, -0.2) is 9.78 Å². The van der Waals surface area contributed by atoms with Crippen LogP contribution >= 0.6 is 35.3 Å². The number of carboxylic acid groups (broad SMARTS) is 1. The molecule has 0 saturated carbocycles. The van der Waals surface area contributed by atoms with Gasteiger partial charge in [-0.05, 0) is 49.4 Å². The molecule has 0 spiro atoms. The molecule has 2 aromatic carbocycles. The average molecular weight is 587 g/mol. The number of hydrogen-bond acceptors (Lipinski definition) is 8. The largest absolute Gasteiger partial charge is 0.478 e. The number of nitrogens with zero attached hydrogens (tertiary/aromatic N) is 4. The Hall–Kier alpha value is -3.64. The molecule has 5 rings (SSSR count). The average Bonchev–Trinajstić information content (AvgIpc) is 3.31. The number of rotatable bonds is 7. The number of anilines is 2. The van der Waals surface area contributed by atoms with E-state index in [1.165, 1.54) is 23.5 Å². The van der Waals surface area contributed by atoms with Crippen LogP contribution in [-0.2, 0) is 24.2 Å². The second-order valence-electron chi connectivity index (χ2n) is 8.99. The fourth-order valence-electron chi connectivity index (χ4n) is 4.16. The van der Waals surface area contributed by atoms with Crippen molar-refractivity contribution in [2.75, 3.05) is 24.2 Å². The van der Waals surface area contributed by atoms with Crippen LogP contribution in [0.5, 0.6) is 0 Å². The molecule has 0 saturated heterocycles. The van der Waals surface area contributed by atoms with Crippen molar-refractivity contribution in [1.82, 2.24) is 20.1 Å². The van der Waals surface area contributed by atoms with Gasteiger partial charge in [0.1, 0.15) is 0 Å². The summed E-state index contributed by atoms with van der Waals surface area (Å²) in [5.74, 6) is -1.53. The number of carbonyl (C=O) groups excluding carboxylic acids is 2. The molecule has 1 aliphatic heterocycles.